The molecule has 2 unspecified atom stereocenters. The first-order chi connectivity index (χ1) is 42.9. The summed E-state index contributed by atoms with van der Waals surface area (Å²) in [6.45, 7) is 14.2. The van der Waals surface area contributed by atoms with E-state index in [9.17, 15) is 33.9 Å². The lowest BCUT2D eigenvalue weighted by Gasteiger charge is -2.37. The van der Waals surface area contributed by atoms with Gasteiger partial charge < -0.3 is 33.9 Å². The molecular formula is C70H110Cl2O14S3. The van der Waals surface area contributed by atoms with Crippen molar-refractivity contribution in [3.8, 4) is 0 Å². The SMILES string of the molecule is C=CC(=O)OCCCCCC(O)C(C(=O)OCCCCOC(=O)C=C)C1SC2=C(OC(=O)C3CCC(C4CCC(CC)CC4)CC3)CCC(OC(=O)C3CCC(C4CCC(CC)CC4)CC3)=C2S1.CCC1CCC(C2CCC(C(=O)O)CC2)CC1.O=S(Cl)Cl.[2HH]. The van der Waals surface area contributed by atoms with Gasteiger partial charge >= 0.3 is 35.8 Å². The number of aliphatic hydroxyl groups is 1. The Kier molecular flexibility index (Phi) is 34.2. The van der Waals surface area contributed by atoms with Gasteiger partial charge in [-0.1, -0.05) is 98.1 Å². The number of carboxylic acids is 1. The van der Waals surface area contributed by atoms with Crippen LogP contribution < -0.4 is 0 Å². The molecule has 0 aromatic carbocycles. The molecule has 2 N–H and O–H groups in total. The Morgan fingerprint density at radius 1 is 0.517 bits per heavy atom. The van der Waals surface area contributed by atoms with Crippen LogP contribution in [0.2, 0.25) is 0 Å². The van der Waals surface area contributed by atoms with Crippen molar-refractivity contribution < 1.29 is 68.3 Å². The van der Waals surface area contributed by atoms with Gasteiger partial charge in [0.2, 0.25) is 9.23 Å². The number of halogens is 2. The topological polar surface area (TPSA) is 206 Å². The summed E-state index contributed by atoms with van der Waals surface area (Å²) in [5.74, 6) is 4.52. The number of aliphatic carboxylic acids is 1. The molecule has 0 aromatic heterocycles. The van der Waals surface area contributed by atoms with Crippen molar-refractivity contribution in [1.29, 1.82) is 0 Å². The van der Waals surface area contributed by atoms with Gasteiger partial charge in [-0.3, -0.25) is 19.2 Å². The first-order valence-electron chi connectivity index (χ1n) is 34.6. The van der Waals surface area contributed by atoms with Crippen LogP contribution in [0.3, 0.4) is 0 Å². The highest BCUT2D eigenvalue weighted by Crippen LogP contribution is 2.59. The molecule has 0 amide bonds. The summed E-state index contributed by atoms with van der Waals surface area (Å²) in [6, 6.07) is 0. The first kappa shape index (κ1) is 75.2. The number of rotatable bonds is 27. The molecule has 1 saturated heterocycles. The van der Waals surface area contributed by atoms with E-state index in [4.69, 9.17) is 33.0 Å². The molecule has 14 nitrogen and oxygen atoms in total. The summed E-state index contributed by atoms with van der Waals surface area (Å²) < 4.78 is 37.3. The van der Waals surface area contributed by atoms with Crippen LogP contribution >= 0.6 is 44.9 Å². The number of ether oxygens (including phenoxy) is 5. The fourth-order valence-electron chi connectivity index (χ4n) is 15.8. The molecule has 0 bridgehead atoms. The average Bonchev–Trinajstić information content (AvgIpc) is 1.66. The summed E-state index contributed by atoms with van der Waals surface area (Å²) in [5, 5.41) is 20.8. The van der Waals surface area contributed by atoms with E-state index in [0.29, 0.717) is 84.5 Å². The van der Waals surface area contributed by atoms with Crippen molar-refractivity contribution in [2.24, 2.45) is 76.9 Å². The molecule has 0 aromatic rings. The van der Waals surface area contributed by atoms with Gasteiger partial charge in [-0.05, 0) is 201 Å². The van der Waals surface area contributed by atoms with Gasteiger partial charge in [0, 0.05) is 47.8 Å². The largest absolute Gasteiger partial charge is 0.481 e. The predicted molar refractivity (Wildman–Crippen MR) is 358 cm³/mol. The summed E-state index contributed by atoms with van der Waals surface area (Å²) in [6.07, 6.45) is 36.7. The minimum absolute atomic E-state index is 0. The van der Waals surface area contributed by atoms with Crippen LogP contribution in [-0.4, -0.2) is 80.7 Å². The van der Waals surface area contributed by atoms with Crippen LogP contribution in [-0.2, 0) is 61.7 Å². The molecule has 7 aliphatic carbocycles. The Hall–Kier alpha value is -2.83. The van der Waals surface area contributed by atoms with Crippen LogP contribution in [0.25, 0.3) is 0 Å². The number of carbonyl (C=O) groups excluding carboxylic acids is 5. The molecule has 2 atom stereocenters. The molecule has 0 radical (unpaired) electrons. The minimum Gasteiger partial charge on any atom is -0.481 e. The number of esters is 5. The second-order valence-electron chi connectivity index (χ2n) is 26.9. The van der Waals surface area contributed by atoms with Crippen molar-refractivity contribution in [3.05, 3.63) is 46.6 Å². The Labute approximate surface area is 554 Å². The predicted octanol–water partition coefficient (Wildman–Crippen LogP) is 17.8. The molecular weight excluding hydrogens is 1230 g/mol. The molecule has 0 spiro atoms. The Morgan fingerprint density at radius 3 is 1.16 bits per heavy atom. The zero-order valence-electron chi connectivity index (χ0n) is 53.9. The number of hydrogen-bond acceptors (Lipinski definition) is 15. The Bertz CT molecular complexity index is 2250. The Morgan fingerprint density at radius 2 is 0.831 bits per heavy atom. The molecule has 7 fully saturated rings. The molecule has 8 rings (SSSR count). The fourth-order valence-corrected chi connectivity index (χ4v) is 19.2. The molecule has 506 valence electrons. The van der Waals surface area contributed by atoms with Crippen molar-refractivity contribution in [2.45, 2.75) is 256 Å². The van der Waals surface area contributed by atoms with Gasteiger partial charge in [-0.15, -0.1) is 23.5 Å². The van der Waals surface area contributed by atoms with E-state index in [2.05, 4.69) is 55.3 Å². The van der Waals surface area contributed by atoms with E-state index in [-0.39, 0.29) is 50.9 Å². The highest BCUT2D eigenvalue weighted by atomic mass is 36.0. The minimum atomic E-state index is -1.67. The maximum atomic E-state index is 14.1. The third kappa shape index (κ3) is 24.8. The maximum Gasteiger partial charge on any atom is 0.330 e. The number of hydrogen-bond donors (Lipinski definition) is 2. The van der Waals surface area contributed by atoms with Crippen molar-refractivity contribution in [1.82, 2.24) is 0 Å². The number of fused-ring (bicyclic) bond motifs is 1. The monoisotopic (exact) mass is 1340 g/mol. The Balaban J connectivity index is 0.000000564. The molecule has 6 saturated carbocycles. The van der Waals surface area contributed by atoms with Gasteiger partial charge in [0.25, 0.3) is 0 Å². The summed E-state index contributed by atoms with van der Waals surface area (Å²) in [7, 11) is 7.36. The quantitative estimate of drug-likeness (QED) is 0.0258. The third-order valence-corrected chi connectivity index (χ3v) is 24.8. The average molecular weight is 1340 g/mol. The van der Waals surface area contributed by atoms with Crippen molar-refractivity contribution in [3.63, 3.8) is 0 Å². The van der Waals surface area contributed by atoms with Crippen molar-refractivity contribution >= 4 is 89.9 Å². The number of thioether (sulfide) groups is 2. The van der Waals surface area contributed by atoms with Crippen molar-refractivity contribution in [2.75, 3.05) is 19.8 Å². The van der Waals surface area contributed by atoms with Gasteiger partial charge in [-0.25, -0.2) is 13.8 Å². The molecule has 89 heavy (non-hydrogen) atoms. The highest BCUT2D eigenvalue weighted by molar-refractivity contribution is 8.26. The number of aliphatic hydroxyl groups excluding tert-OH is 1. The summed E-state index contributed by atoms with van der Waals surface area (Å²) in [4.78, 5) is 77.5. The standard InChI is InChI=1S/C55H82O11S2.C15H26O2.Cl2OS.H2/c1-5-36-15-19-38(20-16-36)40-23-27-42(28-24-40)52(59)65-45-31-32-46(66-53(60)43-29-25-41(26-30-43)39-21-17-37(6-2)18-22-39)51-50(45)67-55(68-51)49(44(56)14-10-9-11-33-62-47(57)7-3)54(61)64-35-13-12-34-63-48(58)8-4;1-2-11-3-5-12(6-4-11)13-7-9-14(10-8-13)15(16)17;1-4(2)3;/h7-8,36-44,49,55-56H,3-6,9-35H2,1-2H3;11-14H,2-10H2,1H3,(H,16,17);;1H/i;;;1+1. The first-order valence-corrected chi connectivity index (χ1v) is 39.1. The summed E-state index contributed by atoms with van der Waals surface area (Å²) >= 11 is 2.78. The second-order valence-corrected chi connectivity index (χ2v) is 32.1. The van der Waals surface area contributed by atoms with Gasteiger partial charge in [-0.2, -0.15) is 0 Å². The number of unbranched alkanes of at least 4 members (excludes halogenated alkanes) is 3. The summed E-state index contributed by atoms with van der Waals surface area (Å²) in [5.41, 5.74) is 0. The lowest BCUT2D eigenvalue weighted by Crippen LogP contribution is -2.36. The molecule has 1 aliphatic heterocycles. The van der Waals surface area contributed by atoms with Gasteiger partial charge in [0.15, 0.2) is 0 Å². The number of carbonyl (C=O) groups is 6. The van der Waals surface area contributed by atoms with E-state index in [1.165, 1.54) is 133 Å². The fraction of sp³-hybridized carbons (Fsp3) is 0.800. The van der Waals surface area contributed by atoms with Crippen LogP contribution in [0, 0.1) is 76.9 Å². The van der Waals surface area contributed by atoms with Gasteiger partial charge in [0.05, 0.1) is 58.1 Å². The van der Waals surface area contributed by atoms with E-state index in [1.54, 1.807) is 0 Å². The smallest absolute Gasteiger partial charge is 0.330 e. The third-order valence-electron chi connectivity index (χ3n) is 21.7. The van der Waals surface area contributed by atoms with Crippen LogP contribution in [0.5, 0.6) is 0 Å². The molecule has 1 heterocycles. The normalized spacial score (nSPS) is 30.3. The van der Waals surface area contributed by atoms with Crippen LogP contribution in [0.1, 0.15) is 247 Å². The molecule has 19 heteroatoms. The van der Waals surface area contributed by atoms with E-state index < -0.39 is 49.7 Å². The molecule has 8 aliphatic rings. The highest BCUT2D eigenvalue weighted by Gasteiger charge is 2.47. The lowest BCUT2D eigenvalue weighted by molar-refractivity contribution is -0.152. The maximum absolute atomic E-state index is 14.1. The number of carboxylic acid groups (broad SMARTS) is 1. The van der Waals surface area contributed by atoms with E-state index >= 15 is 0 Å². The van der Waals surface area contributed by atoms with E-state index in [1.807, 2.05) is 0 Å². The van der Waals surface area contributed by atoms with Gasteiger partial charge in [0.1, 0.15) is 17.4 Å². The number of allylic oxidation sites excluding steroid dienone is 2. The van der Waals surface area contributed by atoms with Crippen LogP contribution in [0.4, 0.5) is 0 Å². The van der Waals surface area contributed by atoms with Crippen LogP contribution in [0.15, 0.2) is 46.6 Å². The zero-order chi connectivity index (χ0) is 64.2. The van der Waals surface area contributed by atoms with E-state index in [0.717, 1.165) is 118 Å². The lowest BCUT2D eigenvalue weighted by atomic mass is 9.69. The zero-order valence-corrected chi connectivity index (χ0v) is 57.8. The second kappa shape index (κ2) is 40.4.